The van der Waals surface area contributed by atoms with Crippen molar-refractivity contribution in [2.24, 2.45) is 10.2 Å². The number of ether oxygens (including phenoxy) is 2. The van der Waals surface area contributed by atoms with Crippen LogP contribution in [0.4, 0.5) is 0 Å². The highest BCUT2D eigenvalue weighted by atomic mass is 79.9. The van der Waals surface area contributed by atoms with E-state index in [4.69, 9.17) is 14.6 Å². The quantitative estimate of drug-likeness (QED) is 0.507. The maximum Gasteiger partial charge on any atom is 0.305 e. The van der Waals surface area contributed by atoms with Gasteiger partial charge in [0.1, 0.15) is 5.25 Å². The largest absolute Gasteiger partial charge is 0.493 e. The zero-order valence-corrected chi connectivity index (χ0v) is 15.9. The van der Waals surface area contributed by atoms with Crippen molar-refractivity contribution in [3.8, 4) is 11.5 Å². The number of amides is 1. The van der Waals surface area contributed by atoms with E-state index in [9.17, 15) is 9.59 Å². The van der Waals surface area contributed by atoms with E-state index in [0.717, 1.165) is 11.8 Å². The molecule has 8 nitrogen and oxygen atoms in total. The van der Waals surface area contributed by atoms with Crippen LogP contribution in [-0.2, 0) is 9.59 Å². The molecular formula is C15H16BrN3O5S. The summed E-state index contributed by atoms with van der Waals surface area (Å²) in [5.74, 6) is -0.269. The summed E-state index contributed by atoms with van der Waals surface area (Å²) in [4.78, 5) is 22.3. The number of carboxylic acids is 1. The number of hydrogen-bond acceptors (Lipinski definition) is 7. The van der Waals surface area contributed by atoms with E-state index >= 15 is 0 Å². The standard InChI is InChI=1S/C15H16BrN3O5S/c1-3-24-13-9(16)4-8(5-10(13)23-2)7-17-19-15-18-14(22)11(25-15)6-12(20)21/h4-5,7,11H,3,6H2,1-2H3,(H,20,21)(H,18,19,22)/b17-7-/t11-/m0/s1. The molecule has 1 aromatic rings. The number of methoxy groups -OCH3 is 1. The van der Waals surface area contributed by atoms with Crippen molar-refractivity contribution in [2.75, 3.05) is 13.7 Å². The highest BCUT2D eigenvalue weighted by Gasteiger charge is 2.32. The molecule has 1 amide bonds. The maximum absolute atomic E-state index is 11.6. The SMILES string of the molecule is CCOc1c(Br)cc(/C=N\N=C2\NC(=O)[C@H](CC(=O)O)S2)cc1OC. The zero-order valence-electron chi connectivity index (χ0n) is 13.5. The molecule has 1 heterocycles. The minimum atomic E-state index is -1.04. The first kappa shape index (κ1) is 19.3. The smallest absolute Gasteiger partial charge is 0.305 e. The number of carboxylic acid groups (broad SMARTS) is 1. The summed E-state index contributed by atoms with van der Waals surface area (Å²) in [7, 11) is 1.54. The van der Waals surface area contributed by atoms with Gasteiger partial charge in [-0.2, -0.15) is 5.10 Å². The fourth-order valence-corrected chi connectivity index (χ4v) is 3.48. The van der Waals surface area contributed by atoms with Gasteiger partial charge in [-0.05, 0) is 40.5 Å². The van der Waals surface area contributed by atoms with Crippen molar-refractivity contribution in [3.63, 3.8) is 0 Å². The Kier molecular flexibility index (Phi) is 6.82. The third kappa shape index (κ3) is 5.20. The lowest BCUT2D eigenvalue weighted by Crippen LogP contribution is -2.26. The van der Waals surface area contributed by atoms with E-state index < -0.39 is 11.2 Å². The molecule has 0 spiro atoms. The third-order valence-electron chi connectivity index (χ3n) is 3.03. The van der Waals surface area contributed by atoms with Crippen LogP contribution in [0.25, 0.3) is 0 Å². The van der Waals surface area contributed by atoms with E-state index in [1.807, 2.05) is 6.92 Å². The number of carbonyl (C=O) groups excluding carboxylic acids is 1. The van der Waals surface area contributed by atoms with Crippen molar-refractivity contribution in [1.29, 1.82) is 0 Å². The van der Waals surface area contributed by atoms with E-state index in [0.29, 0.717) is 28.1 Å². The van der Waals surface area contributed by atoms with Gasteiger partial charge in [0.05, 0.1) is 30.8 Å². The van der Waals surface area contributed by atoms with Crippen LogP contribution in [0.2, 0.25) is 0 Å². The molecule has 1 aliphatic rings. The van der Waals surface area contributed by atoms with E-state index in [1.165, 1.54) is 6.21 Å². The monoisotopic (exact) mass is 429 g/mol. The number of rotatable bonds is 7. The molecule has 2 N–H and O–H groups in total. The molecule has 2 rings (SSSR count). The summed E-state index contributed by atoms with van der Waals surface area (Å²) in [6, 6.07) is 3.54. The number of nitrogens with one attached hydrogen (secondary N) is 1. The Hall–Kier alpha value is -2.07. The lowest BCUT2D eigenvalue weighted by Gasteiger charge is -2.11. The van der Waals surface area contributed by atoms with Crippen molar-refractivity contribution in [2.45, 2.75) is 18.6 Å². The number of thioether (sulfide) groups is 1. The van der Waals surface area contributed by atoms with Gasteiger partial charge in [-0.1, -0.05) is 11.8 Å². The molecule has 134 valence electrons. The van der Waals surface area contributed by atoms with Crippen LogP contribution in [0, 0.1) is 0 Å². The lowest BCUT2D eigenvalue weighted by atomic mass is 10.2. The van der Waals surface area contributed by atoms with Crippen molar-refractivity contribution in [1.82, 2.24) is 5.32 Å². The Bertz CT molecular complexity index is 738. The molecule has 1 aliphatic heterocycles. The van der Waals surface area contributed by atoms with Gasteiger partial charge in [-0.15, -0.1) is 5.10 Å². The summed E-state index contributed by atoms with van der Waals surface area (Å²) >= 11 is 4.46. The summed E-state index contributed by atoms with van der Waals surface area (Å²) < 4.78 is 11.5. The molecule has 0 aliphatic carbocycles. The first-order valence-electron chi connectivity index (χ1n) is 7.25. The van der Waals surface area contributed by atoms with Gasteiger partial charge in [0, 0.05) is 0 Å². The average molecular weight is 430 g/mol. The van der Waals surface area contributed by atoms with Gasteiger partial charge >= 0.3 is 5.97 Å². The fourth-order valence-electron chi connectivity index (χ4n) is 1.99. The fraction of sp³-hybridized carbons (Fsp3) is 0.333. The number of aliphatic carboxylic acids is 1. The van der Waals surface area contributed by atoms with Crippen LogP contribution in [0.3, 0.4) is 0 Å². The number of amidine groups is 1. The van der Waals surface area contributed by atoms with E-state index in [1.54, 1.807) is 19.2 Å². The predicted molar refractivity (Wildman–Crippen MR) is 98.7 cm³/mol. The van der Waals surface area contributed by atoms with Crippen LogP contribution in [0.1, 0.15) is 18.9 Å². The van der Waals surface area contributed by atoms with Gasteiger partial charge in [0.15, 0.2) is 16.7 Å². The first-order chi connectivity index (χ1) is 11.9. The lowest BCUT2D eigenvalue weighted by molar-refractivity contribution is -0.138. The second-order valence-corrected chi connectivity index (χ2v) is 6.86. The molecule has 0 bridgehead atoms. The van der Waals surface area contributed by atoms with Gasteiger partial charge in [-0.3, -0.25) is 9.59 Å². The van der Waals surface area contributed by atoms with E-state index in [2.05, 4.69) is 31.4 Å². The zero-order chi connectivity index (χ0) is 18.4. The number of nitrogens with zero attached hydrogens (tertiary/aromatic N) is 2. The Morgan fingerprint density at radius 2 is 2.28 bits per heavy atom. The maximum atomic E-state index is 11.6. The summed E-state index contributed by atoms with van der Waals surface area (Å²) in [5.41, 5.74) is 0.716. The predicted octanol–water partition coefficient (Wildman–Crippen LogP) is 2.25. The molecule has 1 atom stereocenters. The van der Waals surface area contributed by atoms with E-state index in [-0.39, 0.29) is 17.5 Å². The molecule has 0 saturated carbocycles. The Morgan fingerprint density at radius 3 is 2.92 bits per heavy atom. The minimum absolute atomic E-state index is 0.262. The molecule has 10 heteroatoms. The minimum Gasteiger partial charge on any atom is -0.493 e. The number of carbonyl (C=O) groups is 2. The molecule has 25 heavy (non-hydrogen) atoms. The third-order valence-corrected chi connectivity index (χ3v) is 4.69. The molecule has 0 radical (unpaired) electrons. The average Bonchev–Trinajstić information content (AvgIpc) is 2.88. The van der Waals surface area contributed by atoms with Crippen LogP contribution in [0.5, 0.6) is 11.5 Å². The molecule has 1 fully saturated rings. The molecule has 1 saturated heterocycles. The summed E-state index contributed by atoms with van der Waals surface area (Å²) in [6.07, 6.45) is 1.23. The second-order valence-electron chi connectivity index (χ2n) is 4.81. The first-order valence-corrected chi connectivity index (χ1v) is 8.92. The Balaban J connectivity index is 2.11. The second kappa shape index (κ2) is 8.86. The summed E-state index contributed by atoms with van der Waals surface area (Å²) in [5, 5.41) is 18.7. The van der Waals surface area contributed by atoms with Crippen molar-refractivity contribution < 1.29 is 24.2 Å². The van der Waals surface area contributed by atoms with Crippen LogP contribution in [-0.4, -0.2) is 47.3 Å². The number of hydrogen-bond donors (Lipinski definition) is 2. The Morgan fingerprint density at radius 1 is 1.52 bits per heavy atom. The van der Waals surface area contributed by atoms with Crippen molar-refractivity contribution in [3.05, 3.63) is 22.2 Å². The van der Waals surface area contributed by atoms with Crippen molar-refractivity contribution >= 4 is 51.0 Å². The van der Waals surface area contributed by atoms with Gasteiger partial charge in [-0.25, -0.2) is 0 Å². The van der Waals surface area contributed by atoms with Gasteiger partial charge < -0.3 is 19.9 Å². The van der Waals surface area contributed by atoms with Gasteiger partial charge in [0.2, 0.25) is 5.91 Å². The van der Waals surface area contributed by atoms with Crippen LogP contribution >= 0.6 is 27.7 Å². The highest BCUT2D eigenvalue weighted by Crippen LogP contribution is 2.36. The summed E-state index contributed by atoms with van der Waals surface area (Å²) in [6.45, 7) is 2.38. The molecular weight excluding hydrogens is 414 g/mol. The normalized spacial score (nSPS) is 18.6. The number of halogens is 1. The van der Waals surface area contributed by atoms with Crippen LogP contribution < -0.4 is 14.8 Å². The number of benzene rings is 1. The highest BCUT2D eigenvalue weighted by molar-refractivity contribution is 9.10. The Labute approximate surface area is 156 Å². The van der Waals surface area contributed by atoms with Crippen LogP contribution in [0.15, 0.2) is 26.8 Å². The molecule has 1 aromatic carbocycles. The molecule has 0 aromatic heterocycles. The topological polar surface area (TPSA) is 110 Å². The van der Waals surface area contributed by atoms with Gasteiger partial charge in [0.25, 0.3) is 0 Å². The molecule has 0 unspecified atom stereocenters.